The number of nitro groups is 1. The number of carbonyl (C=O) groups excluding carboxylic acids is 2. The Labute approximate surface area is 187 Å². The average molecular weight is 449 g/mol. The van der Waals surface area contributed by atoms with Crippen LogP contribution in [-0.4, -0.2) is 34.0 Å². The van der Waals surface area contributed by atoms with Gasteiger partial charge in [-0.2, -0.15) is 0 Å². The van der Waals surface area contributed by atoms with Gasteiger partial charge in [0.15, 0.2) is 5.82 Å². The maximum absolute atomic E-state index is 13.1. The molecule has 0 spiro atoms. The summed E-state index contributed by atoms with van der Waals surface area (Å²) in [5.41, 5.74) is 0.809. The molecule has 0 aliphatic carbocycles. The zero-order valence-electron chi connectivity index (χ0n) is 17.9. The van der Waals surface area contributed by atoms with Crippen LogP contribution in [0, 0.1) is 24.0 Å². The molecule has 10 nitrogen and oxygen atoms in total. The molecule has 3 aromatic rings. The number of nitrogens with zero attached hydrogens (tertiary/aromatic N) is 3. The molecule has 1 aromatic heterocycles. The fourth-order valence-electron chi connectivity index (χ4n) is 3.84. The molecule has 10 heteroatoms. The summed E-state index contributed by atoms with van der Waals surface area (Å²) in [5, 5.41) is 26.3. The zero-order valence-corrected chi connectivity index (χ0v) is 17.9. The number of aromatic nitrogens is 1. The van der Waals surface area contributed by atoms with Crippen LogP contribution in [0.4, 0.5) is 11.5 Å². The number of Topliss-reactive ketones (excluding diaryl/α,β-unsaturated/α-hetero) is 1. The SMILES string of the molecule is COc1ccc(/C(O)=C2/C(=O)C(=O)N(c3cc(C)on3)C2c2cccc([N+](=O)[O-])c2)cc1C. The Morgan fingerprint density at radius 1 is 1.18 bits per heavy atom. The second kappa shape index (κ2) is 8.23. The summed E-state index contributed by atoms with van der Waals surface area (Å²) in [6.07, 6.45) is 0. The number of aliphatic hydroxyl groups excluding tert-OH is 1. The van der Waals surface area contributed by atoms with Crippen LogP contribution in [0.1, 0.15) is 28.5 Å². The first kappa shape index (κ1) is 21.8. The number of anilines is 1. The molecule has 1 unspecified atom stereocenters. The maximum Gasteiger partial charge on any atom is 0.301 e. The fourth-order valence-corrected chi connectivity index (χ4v) is 3.84. The monoisotopic (exact) mass is 449 g/mol. The van der Waals surface area contributed by atoms with E-state index in [1.807, 2.05) is 0 Å². The number of ketones is 1. The van der Waals surface area contributed by atoms with E-state index in [2.05, 4.69) is 5.16 Å². The van der Waals surface area contributed by atoms with Crippen LogP contribution in [0.15, 0.2) is 58.6 Å². The van der Waals surface area contributed by atoms with Crippen molar-refractivity contribution in [1.82, 2.24) is 5.16 Å². The van der Waals surface area contributed by atoms with Crippen molar-refractivity contribution in [3.05, 3.63) is 86.7 Å². The number of rotatable bonds is 5. The van der Waals surface area contributed by atoms with Crippen molar-refractivity contribution < 1.29 is 28.9 Å². The maximum atomic E-state index is 13.1. The van der Waals surface area contributed by atoms with E-state index < -0.39 is 28.4 Å². The van der Waals surface area contributed by atoms with E-state index in [9.17, 15) is 24.8 Å². The highest BCUT2D eigenvalue weighted by Gasteiger charge is 2.48. The molecule has 4 rings (SSSR count). The van der Waals surface area contributed by atoms with E-state index in [1.54, 1.807) is 32.0 Å². The Morgan fingerprint density at radius 2 is 1.94 bits per heavy atom. The lowest BCUT2D eigenvalue weighted by atomic mass is 9.94. The van der Waals surface area contributed by atoms with Gasteiger partial charge in [0.25, 0.3) is 11.5 Å². The lowest BCUT2D eigenvalue weighted by Crippen LogP contribution is -2.29. The number of aliphatic hydroxyl groups is 1. The van der Waals surface area contributed by atoms with Gasteiger partial charge < -0.3 is 14.4 Å². The molecule has 1 saturated heterocycles. The van der Waals surface area contributed by atoms with Gasteiger partial charge in [0, 0.05) is 23.8 Å². The van der Waals surface area contributed by atoms with Gasteiger partial charge in [-0.25, -0.2) is 0 Å². The second-order valence-corrected chi connectivity index (χ2v) is 7.50. The number of ether oxygens (including phenoxy) is 1. The molecule has 168 valence electrons. The standard InChI is InChI=1S/C23H19N3O7/c1-12-9-15(7-8-17(12)32-3)21(27)19-20(14-5-4-6-16(11-14)26(30)31)25(23(29)22(19)28)18-10-13(2)33-24-18/h4-11,20,27H,1-3H3/b21-19-. The van der Waals surface area contributed by atoms with Crippen molar-refractivity contribution in [2.24, 2.45) is 0 Å². The van der Waals surface area contributed by atoms with Crippen molar-refractivity contribution in [2.75, 3.05) is 12.0 Å². The number of aryl methyl sites for hydroxylation is 2. The summed E-state index contributed by atoms with van der Waals surface area (Å²) in [5.74, 6) is -1.27. The van der Waals surface area contributed by atoms with Gasteiger partial charge in [-0.1, -0.05) is 17.3 Å². The molecular formula is C23H19N3O7. The van der Waals surface area contributed by atoms with Crippen LogP contribution in [-0.2, 0) is 9.59 Å². The molecule has 0 saturated carbocycles. The van der Waals surface area contributed by atoms with Gasteiger partial charge in [0.2, 0.25) is 0 Å². The Kier molecular flexibility index (Phi) is 5.42. The smallest absolute Gasteiger partial charge is 0.301 e. The van der Waals surface area contributed by atoms with Gasteiger partial charge in [-0.3, -0.25) is 24.6 Å². The number of carbonyl (C=O) groups is 2. The summed E-state index contributed by atoms with van der Waals surface area (Å²) in [6, 6.07) is 10.6. The minimum Gasteiger partial charge on any atom is -0.507 e. The van der Waals surface area contributed by atoms with Crippen LogP contribution < -0.4 is 9.64 Å². The van der Waals surface area contributed by atoms with E-state index in [-0.39, 0.29) is 28.2 Å². The first-order chi connectivity index (χ1) is 15.7. The Balaban J connectivity index is 1.96. The summed E-state index contributed by atoms with van der Waals surface area (Å²) in [4.78, 5) is 38.0. The van der Waals surface area contributed by atoms with Crippen LogP contribution in [0.2, 0.25) is 0 Å². The van der Waals surface area contributed by atoms with Crippen LogP contribution >= 0.6 is 0 Å². The average Bonchev–Trinajstić information content (AvgIpc) is 3.34. The minimum absolute atomic E-state index is 0.0519. The number of benzene rings is 2. The minimum atomic E-state index is -1.16. The van der Waals surface area contributed by atoms with Crippen molar-refractivity contribution in [2.45, 2.75) is 19.9 Å². The first-order valence-corrected chi connectivity index (χ1v) is 9.86. The third kappa shape index (κ3) is 3.71. The van der Waals surface area contributed by atoms with Crippen LogP contribution in [0.25, 0.3) is 5.76 Å². The van der Waals surface area contributed by atoms with E-state index in [0.717, 1.165) is 4.90 Å². The van der Waals surface area contributed by atoms with E-state index in [0.29, 0.717) is 17.1 Å². The molecule has 1 aliphatic rings. The first-order valence-electron chi connectivity index (χ1n) is 9.86. The third-order valence-corrected chi connectivity index (χ3v) is 5.37. The molecule has 1 aliphatic heterocycles. The number of hydrogen-bond donors (Lipinski definition) is 1. The molecule has 1 N–H and O–H groups in total. The molecule has 2 heterocycles. The van der Waals surface area contributed by atoms with Gasteiger partial charge in [0.1, 0.15) is 17.3 Å². The number of methoxy groups -OCH3 is 1. The van der Waals surface area contributed by atoms with Gasteiger partial charge in [-0.15, -0.1) is 0 Å². The highest BCUT2D eigenvalue weighted by molar-refractivity contribution is 6.51. The van der Waals surface area contributed by atoms with Gasteiger partial charge in [0.05, 0.1) is 23.6 Å². The Bertz CT molecular complexity index is 1330. The van der Waals surface area contributed by atoms with Crippen LogP contribution in [0.5, 0.6) is 5.75 Å². The summed E-state index contributed by atoms with van der Waals surface area (Å²) < 4.78 is 10.3. The molecule has 1 atom stereocenters. The third-order valence-electron chi connectivity index (χ3n) is 5.37. The number of non-ortho nitro benzene ring substituents is 1. The van der Waals surface area contributed by atoms with Crippen LogP contribution in [0.3, 0.4) is 0 Å². The van der Waals surface area contributed by atoms with E-state index >= 15 is 0 Å². The zero-order chi connectivity index (χ0) is 23.9. The number of hydrogen-bond acceptors (Lipinski definition) is 8. The van der Waals surface area contributed by atoms with Crippen molar-refractivity contribution in [3.8, 4) is 5.75 Å². The van der Waals surface area contributed by atoms with Crippen molar-refractivity contribution in [3.63, 3.8) is 0 Å². The van der Waals surface area contributed by atoms with Crippen molar-refractivity contribution >= 4 is 29.0 Å². The molecule has 1 amide bonds. The Morgan fingerprint density at radius 3 is 2.55 bits per heavy atom. The van der Waals surface area contributed by atoms with Gasteiger partial charge in [-0.05, 0) is 43.2 Å². The topological polar surface area (TPSA) is 136 Å². The highest BCUT2D eigenvalue weighted by atomic mass is 16.6. The van der Waals surface area contributed by atoms with E-state index in [4.69, 9.17) is 9.26 Å². The molecule has 0 radical (unpaired) electrons. The lowest BCUT2D eigenvalue weighted by Gasteiger charge is -2.22. The fraction of sp³-hybridized carbons (Fsp3) is 0.174. The normalized spacial score (nSPS) is 17.4. The van der Waals surface area contributed by atoms with Gasteiger partial charge >= 0.3 is 5.91 Å². The number of nitro benzene ring substituents is 1. The van der Waals surface area contributed by atoms with Crippen molar-refractivity contribution in [1.29, 1.82) is 0 Å². The quantitative estimate of drug-likeness (QED) is 0.204. The molecular weight excluding hydrogens is 430 g/mol. The van der Waals surface area contributed by atoms with E-state index in [1.165, 1.54) is 37.4 Å². The molecule has 0 bridgehead atoms. The summed E-state index contributed by atoms with van der Waals surface area (Å²) >= 11 is 0. The molecule has 33 heavy (non-hydrogen) atoms. The second-order valence-electron chi connectivity index (χ2n) is 7.50. The number of amides is 1. The molecule has 1 fully saturated rings. The molecule has 2 aromatic carbocycles. The summed E-state index contributed by atoms with van der Waals surface area (Å²) in [7, 11) is 1.51. The predicted molar refractivity (Wildman–Crippen MR) is 117 cm³/mol. The lowest BCUT2D eigenvalue weighted by molar-refractivity contribution is -0.384. The summed E-state index contributed by atoms with van der Waals surface area (Å²) in [6.45, 7) is 3.39. The largest absolute Gasteiger partial charge is 0.507 e. The Hall–Kier alpha value is -4.47. The predicted octanol–water partition coefficient (Wildman–Crippen LogP) is 3.83. The highest BCUT2D eigenvalue weighted by Crippen LogP contribution is 2.42.